The van der Waals surface area contributed by atoms with Crippen LogP contribution in [0.25, 0.3) is 0 Å². The molecule has 0 aromatic carbocycles. The Morgan fingerprint density at radius 3 is 2.50 bits per heavy atom. The van der Waals surface area contributed by atoms with Crippen LogP contribution in [0.15, 0.2) is 0 Å². The zero-order valence-electron chi connectivity index (χ0n) is 8.84. The Kier molecular flexibility index (Phi) is 4.53. The summed E-state index contributed by atoms with van der Waals surface area (Å²) in [6, 6.07) is 1.89. The third-order valence-electron chi connectivity index (χ3n) is 3.32. The topological polar surface area (TPSA) is 3.24 Å². The van der Waals surface area contributed by atoms with Crippen molar-refractivity contribution in [2.24, 2.45) is 0 Å². The second-order valence-electron chi connectivity index (χ2n) is 4.03. The van der Waals surface area contributed by atoms with Crippen LogP contribution in [0, 0.1) is 0 Å². The van der Waals surface area contributed by atoms with Gasteiger partial charge in [0.2, 0.25) is 0 Å². The van der Waals surface area contributed by atoms with Crippen LogP contribution < -0.4 is 0 Å². The van der Waals surface area contributed by atoms with E-state index in [2.05, 4.69) is 18.4 Å². The highest BCUT2D eigenvalue weighted by molar-refractivity contribution is 6.87. The van der Waals surface area contributed by atoms with E-state index in [0.717, 1.165) is 12.1 Å². The van der Waals surface area contributed by atoms with Gasteiger partial charge in [-0.1, -0.05) is 26.7 Å². The van der Waals surface area contributed by atoms with Crippen molar-refractivity contribution in [2.45, 2.75) is 58.0 Å². The lowest BCUT2D eigenvalue weighted by Crippen LogP contribution is -2.43. The van der Waals surface area contributed by atoms with Crippen LogP contribution in [0.4, 0.5) is 0 Å². The van der Waals surface area contributed by atoms with Crippen molar-refractivity contribution in [3.8, 4) is 0 Å². The smallest absolute Gasteiger partial charge is 0.0763 e. The first-order chi connectivity index (χ1) is 5.79. The third kappa shape index (κ3) is 2.44. The van der Waals surface area contributed by atoms with Gasteiger partial charge >= 0.3 is 0 Å². The molecule has 0 N–H and O–H groups in total. The maximum atomic E-state index is 2.89. The largest absolute Gasteiger partial charge is 0.327 e. The van der Waals surface area contributed by atoms with Gasteiger partial charge in [0.25, 0.3) is 0 Å². The molecule has 72 valence electrons. The van der Waals surface area contributed by atoms with Gasteiger partial charge in [0.05, 0.1) is 9.20 Å². The highest BCUT2D eigenvalue weighted by Crippen LogP contribution is 2.24. The molecule has 1 aliphatic rings. The molecule has 1 rings (SSSR count). The Morgan fingerprint density at radius 2 is 2.08 bits per heavy atom. The van der Waals surface area contributed by atoms with Gasteiger partial charge < -0.3 is 4.57 Å². The fraction of sp³-hybridized carbons (Fsp3) is 1.00. The van der Waals surface area contributed by atoms with E-state index in [1.807, 2.05) is 0 Å². The number of hydrogen-bond acceptors (Lipinski definition) is 1. The van der Waals surface area contributed by atoms with Crippen molar-refractivity contribution in [3.05, 3.63) is 0 Å². The summed E-state index contributed by atoms with van der Waals surface area (Å²) in [5, 5.41) is 0. The number of rotatable bonds is 4. The molecule has 0 heterocycles. The predicted octanol–water partition coefficient (Wildman–Crippen LogP) is 0.394. The molecule has 0 bridgehead atoms. The zero-order chi connectivity index (χ0) is 8.97. The highest BCUT2D eigenvalue weighted by atomic mass is 29.1. The van der Waals surface area contributed by atoms with Gasteiger partial charge in [-0.05, 0) is 25.3 Å². The number of nitrogens with zero attached hydrogens (tertiary/aromatic N) is 1. The minimum Gasteiger partial charge on any atom is -0.327 e. The van der Waals surface area contributed by atoms with E-state index < -0.39 is 0 Å². The maximum Gasteiger partial charge on any atom is 0.0763 e. The lowest BCUT2D eigenvalue weighted by molar-refractivity contribution is 0.267. The first kappa shape index (κ1) is 10.5. The van der Waals surface area contributed by atoms with Gasteiger partial charge in [-0.25, -0.2) is 0 Å². The van der Waals surface area contributed by atoms with Crippen LogP contribution in [-0.4, -0.2) is 35.6 Å². The van der Waals surface area contributed by atoms with E-state index in [0.29, 0.717) is 0 Å². The minimum absolute atomic E-state index is 0.212. The fourth-order valence-electron chi connectivity index (χ4n) is 2.40. The Morgan fingerprint density at radius 1 is 1.50 bits per heavy atom. The van der Waals surface area contributed by atoms with Crippen LogP contribution in [-0.2, 0) is 0 Å². The van der Waals surface area contributed by atoms with Gasteiger partial charge in [-0.3, -0.25) is 0 Å². The Balaban J connectivity index is 2.42. The Hall–Kier alpha value is 0.394. The lowest BCUT2D eigenvalue weighted by atomic mass is 10.2. The molecular formula is C9H23NSi2. The van der Waals surface area contributed by atoms with Crippen molar-refractivity contribution in [3.63, 3.8) is 0 Å². The van der Waals surface area contributed by atoms with Gasteiger partial charge in [0, 0.05) is 15.8 Å². The van der Waals surface area contributed by atoms with Crippen molar-refractivity contribution < 1.29 is 0 Å². The summed E-state index contributed by atoms with van der Waals surface area (Å²) in [6.07, 6.45) is 7.34. The average Bonchev–Trinajstić information content (AvgIpc) is 2.58. The Bertz CT molecular complexity index is 124. The second-order valence-corrected chi connectivity index (χ2v) is 7.29. The molecule has 0 aliphatic heterocycles. The van der Waals surface area contributed by atoms with Crippen molar-refractivity contribution in [2.75, 3.05) is 0 Å². The molecule has 1 fully saturated rings. The molecule has 1 nitrogen and oxygen atoms in total. The molecule has 3 heteroatoms. The average molecular weight is 201 g/mol. The predicted molar refractivity (Wildman–Crippen MR) is 62.3 cm³/mol. The van der Waals surface area contributed by atoms with Crippen molar-refractivity contribution >= 4 is 19.0 Å². The van der Waals surface area contributed by atoms with E-state index in [-0.39, 0.29) is 9.20 Å². The molecule has 0 aromatic heterocycles. The molecule has 1 atom stereocenters. The summed E-state index contributed by atoms with van der Waals surface area (Å²) in [5.74, 6) is 0. The summed E-state index contributed by atoms with van der Waals surface area (Å²) in [7, 11) is 1.69. The molecule has 12 heavy (non-hydrogen) atoms. The van der Waals surface area contributed by atoms with Crippen LogP contribution in [0.2, 0.25) is 0 Å². The van der Waals surface area contributed by atoms with Crippen LogP contribution >= 0.6 is 0 Å². The first-order valence-electron chi connectivity index (χ1n) is 5.55. The number of hydrogen-bond donors (Lipinski definition) is 0. The molecule has 1 saturated carbocycles. The summed E-state index contributed by atoms with van der Waals surface area (Å²) in [6.45, 7) is 4.75. The van der Waals surface area contributed by atoms with E-state index in [1.54, 1.807) is 0 Å². The second kappa shape index (κ2) is 5.19. The van der Waals surface area contributed by atoms with Crippen molar-refractivity contribution in [1.82, 2.24) is 4.57 Å². The third-order valence-corrected chi connectivity index (χ3v) is 7.38. The molecule has 1 unspecified atom stereocenters. The fourth-order valence-corrected chi connectivity index (χ4v) is 7.58. The standard InChI is InChI=1S/C9H23NSi2/c1-3-8(2)10(12-11)9-6-4-5-7-9/h8-9H,3-7,12H2,1-2,11H3. The van der Waals surface area contributed by atoms with Crippen LogP contribution in [0.5, 0.6) is 0 Å². The SMILES string of the molecule is CCC(C)N([SiH2][SiH3])C1CCCC1. The molecule has 0 amide bonds. The van der Waals surface area contributed by atoms with Gasteiger partial charge in [0.1, 0.15) is 0 Å². The van der Waals surface area contributed by atoms with E-state index in [1.165, 1.54) is 41.9 Å². The first-order valence-corrected chi connectivity index (χ1v) is 11.8. The van der Waals surface area contributed by atoms with Crippen LogP contribution in [0.3, 0.4) is 0 Å². The molecule has 0 aromatic rings. The van der Waals surface area contributed by atoms with E-state index in [9.17, 15) is 0 Å². The Labute approximate surface area is 82.0 Å². The molecular weight excluding hydrogens is 178 g/mol. The quantitative estimate of drug-likeness (QED) is 0.595. The maximum absolute atomic E-state index is 2.89. The molecule has 1 aliphatic carbocycles. The molecule has 0 saturated heterocycles. The van der Waals surface area contributed by atoms with E-state index in [4.69, 9.17) is 0 Å². The van der Waals surface area contributed by atoms with Gasteiger partial charge in [-0.2, -0.15) is 0 Å². The summed E-state index contributed by atoms with van der Waals surface area (Å²) in [4.78, 5) is 0. The summed E-state index contributed by atoms with van der Waals surface area (Å²) < 4.78 is 2.89. The minimum atomic E-state index is 0.212. The monoisotopic (exact) mass is 201 g/mol. The lowest BCUT2D eigenvalue weighted by Gasteiger charge is -2.33. The normalized spacial score (nSPS) is 23.2. The summed E-state index contributed by atoms with van der Waals surface area (Å²) >= 11 is 0. The van der Waals surface area contributed by atoms with Crippen LogP contribution in [0.1, 0.15) is 46.0 Å². The summed E-state index contributed by atoms with van der Waals surface area (Å²) in [5.41, 5.74) is 0. The zero-order valence-corrected chi connectivity index (χ0v) is 12.3. The van der Waals surface area contributed by atoms with Crippen molar-refractivity contribution in [1.29, 1.82) is 0 Å². The van der Waals surface area contributed by atoms with Gasteiger partial charge in [0.15, 0.2) is 0 Å². The van der Waals surface area contributed by atoms with Gasteiger partial charge in [-0.15, -0.1) is 0 Å². The van der Waals surface area contributed by atoms with E-state index >= 15 is 0 Å². The molecule has 0 spiro atoms. The highest BCUT2D eigenvalue weighted by Gasteiger charge is 2.23. The molecule has 0 radical (unpaired) electrons.